The second-order valence-electron chi connectivity index (χ2n) is 7.69. The van der Waals surface area contributed by atoms with Gasteiger partial charge in [-0.3, -0.25) is 9.59 Å². The van der Waals surface area contributed by atoms with Crippen LogP contribution in [0.25, 0.3) is 0 Å². The minimum Gasteiger partial charge on any atom is -0.497 e. The molecule has 2 aromatic rings. The number of rotatable bonds is 7. The van der Waals surface area contributed by atoms with Crippen molar-refractivity contribution in [3.63, 3.8) is 0 Å². The lowest BCUT2D eigenvalue weighted by atomic mass is 9.96. The Hall–Kier alpha value is -3.06. The normalized spacial score (nSPS) is 19.4. The summed E-state index contributed by atoms with van der Waals surface area (Å²) in [6, 6.07) is 13.9. The van der Waals surface area contributed by atoms with Crippen LogP contribution in [0.2, 0.25) is 0 Å². The zero-order chi connectivity index (χ0) is 21.8. The van der Waals surface area contributed by atoms with Gasteiger partial charge >= 0.3 is 0 Å². The Labute approximate surface area is 176 Å². The number of methoxy groups -OCH3 is 2. The smallest absolute Gasteiger partial charge is 0.273 e. The van der Waals surface area contributed by atoms with E-state index in [0.717, 1.165) is 11.1 Å². The molecule has 0 bridgehead atoms. The summed E-state index contributed by atoms with van der Waals surface area (Å²) in [5.41, 5.74) is 1.67. The maximum absolute atomic E-state index is 13.3. The summed E-state index contributed by atoms with van der Waals surface area (Å²) in [6.45, 7) is 4.19. The van der Waals surface area contributed by atoms with Crippen LogP contribution >= 0.6 is 0 Å². The lowest BCUT2D eigenvalue weighted by Crippen LogP contribution is -2.65. The van der Waals surface area contributed by atoms with Gasteiger partial charge in [-0.2, -0.15) is 0 Å². The maximum atomic E-state index is 13.3. The van der Waals surface area contributed by atoms with Crippen molar-refractivity contribution in [2.75, 3.05) is 14.2 Å². The molecule has 0 aliphatic carbocycles. The summed E-state index contributed by atoms with van der Waals surface area (Å²) in [4.78, 5) is 29.1. The highest BCUT2D eigenvalue weighted by Gasteiger charge is 2.46. The molecule has 2 amide bonds. The van der Waals surface area contributed by atoms with Crippen molar-refractivity contribution < 1.29 is 24.2 Å². The van der Waals surface area contributed by atoms with E-state index in [1.54, 1.807) is 26.4 Å². The summed E-state index contributed by atoms with van der Waals surface area (Å²) < 4.78 is 10.3. The fraction of sp³-hybridized carbons (Fsp3) is 0.391. The average molecular weight is 412 g/mol. The number of benzene rings is 2. The minimum absolute atomic E-state index is 0.106. The Kier molecular flexibility index (Phi) is 6.62. The standard InChI is InChI=1S/C23H28N2O5/c1-15(2)20-21(26)25(14-17-7-11-19(30-4)12-8-17)23(28)22(27)24(20)13-16-5-9-18(29-3)10-6-16/h5-12,15,20,23,28H,13-14H2,1-4H3/t20-,23-/m0/s1. The quantitative estimate of drug-likeness (QED) is 0.756. The third-order valence-electron chi connectivity index (χ3n) is 5.33. The Balaban J connectivity index is 1.83. The van der Waals surface area contributed by atoms with Gasteiger partial charge in [-0.05, 0) is 41.3 Å². The van der Waals surface area contributed by atoms with Crippen molar-refractivity contribution in [2.24, 2.45) is 5.92 Å². The molecule has 1 aliphatic rings. The van der Waals surface area contributed by atoms with Crippen molar-refractivity contribution in [1.82, 2.24) is 9.80 Å². The van der Waals surface area contributed by atoms with Gasteiger partial charge in [0.25, 0.3) is 5.91 Å². The molecular weight excluding hydrogens is 384 g/mol. The topological polar surface area (TPSA) is 79.3 Å². The molecule has 7 nitrogen and oxygen atoms in total. The lowest BCUT2D eigenvalue weighted by molar-refractivity contribution is -0.180. The highest BCUT2D eigenvalue weighted by Crippen LogP contribution is 2.27. The van der Waals surface area contributed by atoms with Gasteiger partial charge in [-0.15, -0.1) is 0 Å². The molecule has 1 N–H and O–H groups in total. The number of amides is 2. The zero-order valence-electron chi connectivity index (χ0n) is 17.7. The molecule has 7 heteroatoms. The number of carbonyl (C=O) groups excluding carboxylic acids is 2. The molecule has 1 fully saturated rings. The van der Waals surface area contributed by atoms with E-state index in [-0.39, 0.29) is 24.9 Å². The van der Waals surface area contributed by atoms with E-state index in [9.17, 15) is 14.7 Å². The number of hydrogen-bond acceptors (Lipinski definition) is 5. The molecule has 30 heavy (non-hydrogen) atoms. The molecule has 0 aromatic heterocycles. The highest BCUT2D eigenvalue weighted by atomic mass is 16.5. The van der Waals surface area contributed by atoms with E-state index in [0.29, 0.717) is 11.5 Å². The second kappa shape index (κ2) is 9.17. The lowest BCUT2D eigenvalue weighted by Gasteiger charge is -2.44. The van der Waals surface area contributed by atoms with Crippen molar-refractivity contribution in [2.45, 2.75) is 39.2 Å². The van der Waals surface area contributed by atoms with Gasteiger partial charge in [-0.1, -0.05) is 38.1 Å². The van der Waals surface area contributed by atoms with Gasteiger partial charge in [0.15, 0.2) is 0 Å². The molecule has 160 valence electrons. The van der Waals surface area contributed by atoms with Gasteiger partial charge in [0, 0.05) is 13.1 Å². The van der Waals surface area contributed by atoms with Gasteiger partial charge in [0.2, 0.25) is 12.1 Å². The molecule has 0 radical (unpaired) electrons. The van der Waals surface area contributed by atoms with Crippen molar-refractivity contribution in [3.05, 3.63) is 59.7 Å². The summed E-state index contributed by atoms with van der Waals surface area (Å²) in [5.74, 6) is 0.571. The Morgan fingerprint density at radius 1 is 0.800 bits per heavy atom. The number of aliphatic hydroxyl groups excluding tert-OH is 1. The van der Waals surface area contributed by atoms with Crippen molar-refractivity contribution in [1.29, 1.82) is 0 Å². The van der Waals surface area contributed by atoms with Crippen LogP contribution in [0.15, 0.2) is 48.5 Å². The molecule has 0 unspecified atom stereocenters. The van der Waals surface area contributed by atoms with Crippen LogP contribution < -0.4 is 9.47 Å². The van der Waals surface area contributed by atoms with Gasteiger partial charge in [0.05, 0.1) is 14.2 Å². The monoisotopic (exact) mass is 412 g/mol. The number of aliphatic hydroxyl groups is 1. The first-order valence-corrected chi connectivity index (χ1v) is 9.90. The van der Waals surface area contributed by atoms with Crippen molar-refractivity contribution in [3.8, 4) is 11.5 Å². The molecule has 2 atom stereocenters. The Bertz CT molecular complexity index is 879. The van der Waals surface area contributed by atoms with Crippen LogP contribution in [0.5, 0.6) is 11.5 Å². The highest BCUT2D eigenvalue weighted by molar-refractivity contribution is 5.96. The summed E-state index contributed by atoms with van der Waals surface area (Å²) >= 11 is 0. The fourth-order valence-corrected chi connectivity index (χ4v) is 3.68. The van der Waals surface area contributed by atoms with E-state index < -0.39 is 18.2 Å². The second-order valence-corrected chi connectivity index (χ2v) is 7.69. The number of nitrogens with zero attached hydrogens (tertiary/aromatic N) is 2. The van der Waals surface area contributed by atoms with Crippen molar-refractivity contribution >= 4 is 11.8 Å². The molecule has 1 heterocycles. The molecule has 0 saturated carbocycles. The van der Waals surface area contributed by atoms with Gasteiger partial charge < -0.3 is 24.4 Å². The number of carbonyl (C=O) groups is 2. The largest absolute Gasteiger partial charge is 0.497 e. The molecule has 1 saturated heterocycles. The van der Waals surface area contributed by atoms with Crippen LogP contribution in [-0.2, 0) is 22.7 Å². The van der Waals surface area contributed by atoms with E-state index in [1.165, 1.54) is 9.80 Å². The first kappa shape index (κ1) is 21.6. The Morgan fingerprint density at radius 2 is 1.23 bits per heavy atom. The third kappa shape index (κ3) is 4.41. The van der Waals surface area contributed by atoms with E-state index in [1.807, 2.05) is 50.2 Å². The maximum Gasteiger partial charge on any atom is 0.273 e. The summed E-state index contributed by atoms with van der Waals surface area (Å²) in [6.07, 6.45) is -1.52. The average Bonchev–Trinajstić information content (AvgIpc) is 2.75. The number of hydrogen-bond donors (Lipinski definition) is 1. The number of ether oxygens (including phenoxy) is 2. The first-order chi connectivity index (χ1) is 14.3. The first-order valence-electron chi connectivity index (χ1n) is 9.90. The molecule has 2 aromatic carbocycles. The minimum atomic E-state index is -1.52. The predicted octanol–water partition coefficient (Wildman–Crippen LogP) is 2.42. The van der Waals surface area contributed by atoms with Crippen LogP contribution in [0.3, 0.4) is 0 Å². The zero-order valence-corrected chi connectivity index (χ0v) is 17.7. The molecular formula is C23H28N2O5. The van der Waals surface area contributed by atoms with Gasteiger partial charge in [-0.25, -0.2) is 0 Å². The Morgan fingerprint density at radius 3 is 1.63 bits per heavy atom. The van der Waals surface area contributed by atoms with Crippen LogP contribution in [0.1, 0.15) is 25.0 Å². The number of piperazine rings is 1. The van der Waals surface area contributed by atoms with E-state index in [2.05, 4.69) is 0 Å². The van der Waals surface area contributed by atoms with E-state index in [4.69, 9.17) is 9.47 Å². The molecule has 3 rings (SSSR count). The SMILES string of the molecule is COc1ccc(CN2C(=O)[C@H](O)N(Cc3ccc(OC)cc3)C(=O)[C@@H]2C(C)C)cc1. The summed E-state index contributed by atoms with van der Waals surface area (Å²) in [5, 5.41) is 10.7. The predicted molar refractivity (Wildman–Crippen MR) is 112 cm³/mol. The van der Waals surface area contributed by atoms with Crippen LogP contribution in [-0.4, -0.2) is 53.2 Å². The van der Waals surface area contributed by atoms with Gasteiger partial charge in [0.1, 0.15) is 17.5 Å². The fourth-order valence-electron chi connectivity index (χ4n) is 3.68. The third-order valence-corrected chi connectivity index (χ3v) is 5.33. The van der Waals surface area contributed by atoms with Crippen LogP contribution in [0.4, 0.5) is 0 Å². The summed E-state index contributed by atoms with van der Waals surface area (Å²) in [7, 11) is 3.17. The molecule has 0 spiro atoms. The van der Waals surface area contributed by atoms with Crippen LogP contribution in [0, 0.1) is 5.92 Å². The molecule has 1 aliphatic heterocycles. The van der Waals surface area contributed by atoms with E-state index >= 15 is 0 Å².